The van der Waals surface area contributed by atoms with Crippen LogP contribution in [0.5, 0.6) is 0 Å². The number of anilines is 1. The van der Waals surface area contributed by atoms with E-state index in [1.807, 2.05) is 0 Å². The summed E-state index contributed by atoms with van der Waals surface area (Å²) < 4.78 is 0. The Hall–Kier alpha value is -2.64. The Labute approximate surface area is 120 Å². The van der Waals surface area contributed by atoms with Crippen molar-refractivity contribution in [2.45, 2.75) is 18.9 Å². The van der Waals surface area contributed by atoms with Gasteiger partial charge in [-0.3, -0.25) is 19.9 Å². The number of hydrogen-bond acceptors (Lipinski definition) is 5. The molecule has 3 rings (SSSR count). The molecule has 1 atom stereocenters. The minimum Gasteiger partial charge on any atom is -0.397 e. The number of carbonyl (C=O) groups excluding carboxylic acids is 3. The lowest BCUT2D eigenvalue weighted by Crippen LogP contribution is -2.49. The number of urea groups is 1. The van der Waals surface area contributed by atoms with Crippen LogP contribution in [0.2, 0.25) is 0 Å². The number of rotatable bonds is 1. The van der Waals surface area contributed by atoms with Gasteiger partial charge in [-0.15, -0.1) is 0 Å². The number of hydrogen-bond donors (Lipinski definition) is 3. The molecule has 8 nitrogen and oxygen atoms in total. The van der Waals surface area contributed by atoms with Crippen LogP contribution in [0.15, 0.2) is 12.3 Å². The Balaban J connectivity index is 1.83. The first-order valence-corrected chi connectivity index (χ1v) is 6.56. The zero-order valence-corrected chi connectivity index (χ0v) is 11.5. The van der Waals surface area contributed by atoms with Gasteiger partial charge in [0.15, 0.2) is 0 Å². The van der Waals surface area contributed by atoms with Crippen LogP contribution in [0.25, 0.3) is 0 Å². The molecule has 8 heteroatoms. The number of amides is 4. The summed E-state index contributed by atoms with van der Waals surface area (Å²) in [7, 11) is 0. The summed E-state index contributed by atoms with van der Waals surface area (Å²) in [5.74, 6) is -0.622. The molecule has 21 heavy (non-hydrogen) atoms. The van der Waals surface area contributed by atoms with Gasteiger partial charge in [0.1, 0.15) is 5.54 Å². The van der Waals surface area contributed by atoms with Crippen molar-refractivity contribution in [1.29, 1.82) is 0 Å². The first-order valence-electron chi connectivity index (χ1n) is 6.56. The van der Waals surface area contributed by atoms with Crippen LogP contribution in [0, 0.1) is 6.92 Å². The molecule has 0 aromatic carbocycles. The zero-order chi connectivity index (χ0) is 15.2. The van der Waals surface area contributed by atoms with E-state index in [1.54, 1.807) is 13.0 Å². The molecule has 1 spiro atoms. The fourth-order valence-corrected chi connectivity index (χ4v) is 2.73. The number of nitrogens with two attached hydrogens (primary N) is 1. The third-order valence-electron chi connectivity index (χ3n) is 3.91. The van der Waals surface area contributed by atoms with Crippen molar-refractivity contribution in [2.24, 2.45) is 0 Å². The van der Waals surface area contributed by atoms with Gasteiger partial charge in [-0.25, -0.2) is 4.79 Å². The maximum absolute atomic E-state index is 12.5. The third-order valence-corrected chi connectivity index (χ3v) is 3.91. The van der Waals surface area contributed by atoms with E-state index in [0.29, 0.717) is 29.9 Å². The second-order valence-corrected chi connectivity index (χ2v) is 5.37. The zero-order valence-electron chi connectivity index (χ0n) is 11.5. The number of nitrogens with zero attached hydrogens (tertiary/aromatic N) is 2. The van der Waals surface area contributed by atoms with Crippen molar-refractivity contribution in [3.63, 3.8) is 0 Å². The van der Waals surface area contributed by atoms with Gasteiger partial charge in [-0.05, 0) is 19.4 Å². The van der Waals surface area contributed by atoms with Crippen LogP contribution >= 0.6 is 0 Å². The minimum atomic E-state index is -1.01. The number of nitrogen functional groups attached to an aromatic ring is 1. The minimum absolute atomic E-state index is 0.150. The van der Waals surface area contributed by atoms with E-state index >= 15 is 0 Å². The Kier molecular flexibility index (Phi) is 2.82. The topological polar surface area (TPSA) is 117 Å². The third kappa shape index (κ3) is 2.08. The van der Waals surface area contributed by atoms with Gasteiger partial charge < -0.3 is 16.0 Å². The van der Waals surface area contributed by atoms with Crippen LogP contribution < -0.4 is 16.4 Å². The number of nitrogens with one attached hydrogen (secondary N) is 2. The summed E-state index contributed by atoms with van der Waals surface area (Å²) in [5.41, 5.74) is 6.06. The number of carbonyl (C=O) groups is 3. The highest BCUT2D eigenvalue weighted by molar-refractivity contribution is 6.08. The molecule has 110 valence electrons. The van der Waals surface area contributed by atoms with Crippen molar-refractivity contribution < 1.29 is 14.4 Å². The van der Waals surface area contributed by atoms with Crippen LogP contribution in [0.3, 0.4) is 0 Å². The highest BCUT2D eigenvalue weighted by atomic mass is 16.2. The Morgan fingerprint density at radius 1 is 1.48 bits per heavy atom. The summed E-state index contributed by atoms with van der Waals surface area (Å²) in [5, 5.41) is 4.82. The lowest BCUT2D eigenvalue weighted by molar-refractivity contribution is -0.123. The molecule has 1 aromatic rings. The van der Waals surface area contributed by atoms with Crippen LogP contribution in [0.4, 0.5) is 10.5 Å². The van der Waals surface area contributed by atoms with Gasteiger partial charge in [0, 0.05) is 6.54 Å². The first-order chi connectivity index (χ1) is 9.91. The Bertz CT molecular complexity index is 659. The molecule has 2 saturated heterocycles. The predicted octanol–water partition coefficient (Wildman–Crippen LogP) is -0.604. The van der Waals surface area contributed by atoms with Crippen molar-refractivity contribution in [1.82, 2.24) is 20.5 Å². The van der Waals surface area contributed by atoms with E-state index in [4.69, 9.17) is 5.73 Å². The van der Waals surface area contributed by atoms with E-state index in [0.717, 1.165) is 0 Å². The van der Waals surface area contributed by atoms with E-state index in [-0.39, 0.29) is 18.4 Å². The standard InChI is InChI=1S/C13H15N5O3/c1-7-9(4-8(14)5-15-7)10(19)18-3-2-13(6-18)11(20)16-12(21)17-13/h4-5H,2-3,6,14H2,1H3,(H2,16,17,20,21). The molecule has 0 bridgehead atoms. The van der Waals surface area contributed by atoms with Gasteiger partial charge >= 0.3 is 6.03 Å². The number of pyridine rings is 1. The normalized spacial score (nSPS) is 24.3. The monoisotopic (exact) mass is 289 g/mol. The van der Waals surface area contributed by atoms with Crippen LogP contribution in [-0.4, -0.2) is 46.4 Å². The van der Waals surface area contributed by atoms with Gasteiger partial charge in [0.25, 0.3) is 11.8 Å². The first kappa shape index (κ1) is 13.3. The van der Waals surface area contributed by atoms with E-state index in [1.165, 1.54) is 11.1 Å². The second kappa shape index (κ2) is 4.44. The lowest BCUT2D eigenvalue weighted by atomic mass is 9.99. The highest BCUT2D eigenvalue weighted by Crippen LogP contribution is 2.26. The molecular weight excluding hydrogens is 274 g/mol. The van der Waals surface area contributed by atoms with Gasteiger partial charge in [-0.1, -0.05) is 0 Å². The van der Waals surface area contributed by atoms with Crippen molar-refractivity contribution in [3.05, 3.63) is 23.5 Å². The summed E-state index contributed by atoms with van der Waals surface area (Å²) >= 11 is 0. The lowest BCUT2D eigenvalue weighted by Gasteiger charge is -2.21. The largest absolute Gasteiger partial charge is 0.397 e. The number of aryl methyl sites for hydroxylation is 1. The average molecular weight is 289 g/mol. The molecule has 1 unspecified atom stereocenters. The molecule has 0 radical (unpaired) electrons. The highest BCUT2D eigenvalue weighted by Gasteiger charge is 2.51. The Morgan fingerprint density at radius 2 is 2.24 bits per heavy atom. The van der Waals surface area contributed by atoms with E-state index in [2.05, 4.69) is 15.6 Å². The number of aromatic nitrogens is 1. The maximum atomic E-state index is 12.5. The smallest absolute Gasteiger partial charge is 0.322 e. The Morgan fingerprint density at radius 3 is 2.90 bits per heavy atom. The van der Waals surface area contributed by atoms with Crippen molar-refractivity contribution in [3.8, 4) is 0 Å². The summed E-state index contributed by atoms with van der Waals surface area (Å²) in [4.78, 5) is 41.3. The summed E-state index contributed by atoms with van der Waals surface area (Å²) in [6, 6.07) is 1.05. The molecule has 4 amide bonds. The molecular formula is C13H15N5O3. The van der Waals surface area contributed by atoms with Crippen LogP contribution in [0.1, 0.15) is 22.5 Å². The second-order valence-electron chi connectivity index (χ2n) is 5.37. The SMILES string of the molecule is Cc1ncc(N)cc1C(=O)N1CCC2(C1)NC(=O)NC2=O. The van der Waals surface area contributed by atoms with Gasteiger partial charge in [0.05, 0.1) is 29.7 Å². The number of likely N-dealkylation sites (tertiary alicyclic amines) is 1. The fourth-order valence-electron chi connectivity index (χ4n) is 2.73. The van der Waals surface area contributed by atoms with E-state index in [9.17, 15) is 14.4 Å². The molecule has 4 N–H and O–H groups in total. The molecule has 1 aromatic heterocycles. The molecule has 2 aliphatic rings. The maximum Gasteiger partial charge on any atom is 0.322 e. The van der Waals surface area contributed by atoms with E-state index < -0.39 is 11.6 Å². The number of imide groups is 1. The van der Waals surface area contributed by atoms with Crippen molar-refractivity contribution in [2.75, 3.05) is 18.8 Å². The molecule has 0 aliphatic carbocycles. The van der Waals surface area contributed by atoms with Gasteiger partial charge in [-0.2, -0.15) is 0 Å². The van der Waals surface area contributed by atoms with Gasteiger partial charge in [0.2, 0.25) is 0 Å². The fraction of sp³-hybridized carbons (Fsp3) is 0.385. The molecule has 3 heterocycles. The average Bonchev–Trinajstić information content (AvgIpc) is 2.97. The predicted molar refractivity (Wildman–Crippen MR) is 73.3 cm³/mol. The summed E-state index contributed by atoms with van der Waals surface area (Å²) in [6.45, 7) is 2.26. The quantitative estimate of drug-likeness (QED) is 0.596. The molecule has 2 fully saturated rings. The summed E-state index contributed by atoms with van der Waals surface area (Å²) in [6.07, 6.45) is 1.88. The molecule has 2 aliphatic heterocycles. The van der Waals surface area contributed by atoms with Crippen molar-refractivity contribution >= 4 is 23.5 Å². The molecule has 0 saturated carbocycles. The van der Waals surface area contributed by atoms with Crippen LogP contribution in [-0.2, 0) is 4.79 Å².